The van der Waals surface area contributed by atoms with E-state index in [-0.39, 0.29) is 24.3 Å². The van der Waals surface area contributed by atoms with Crippen LogP contribution in [0.15, 0.2) is 24.3 Å². The summed E-state index contributed by atoms with van der Waals surface area (Å²) in [6.07, 6.45) is 0.209. The standard InChI is InChI=1S/C17H22O4Si/c1-13(18)21-16-8-6-14(7-9-16)15(12-17(19)20-2)10-11-22(3,4)5/h6-9,15H,12H2,1-5H3/t15-/m0/s1. The Balaban J connectivity index is 3.01. The maximum atomic E-state index is 11.6. The lowest BCUT2D eigenvalue weighted by atomic mass is 9.96. The summed E-state index contributed by atoms with van der Waals surface area (Å²) in [5, 5.41) is 0. The second kappa shape index (κ2) is 7.81. The molecular formula is C17H22O4Si. The molecule has 0 aliphatic carbocycles. The number of hydrogen-bond acceptors (Lipinski definition) is 4. The molecule has 0 aliphatic heterocycles. The Morgan fingerprint density at radius 1 is 1.18 bits per heavy atom. The van der Waals surface area contributed by atoms with E-state index in [0.717, 1.165) is 5.56 Å². The largest absolute Gasteiger partial charge is 0.469 e. The molecular weight excluding hydrogens is 296 g/mol. The van der Waals surface area contributed by atoms with Gasteiger partial charge in [-0.3, -0.25) is 9.59 Å². The van der Waals surface area contributed by atoms with Crippen molar-refractivity contribution in [2.75, 3.05) is 7.11 Å². The topological polar surface area (TPSA) is 52.6 Å². The summed E-state index contributed by atoms with van der Waals surface area (Å²) in [6.45, 7) is 7.81. The van der Waals surface area contributed by atoms with E-state index >= 15 is 0 Å². The number of methoxy groups -OCH3 is 1. The molecule has 0 aromatic heterocycles. The molecule has 0 heterocycles. The molecule has 1 rings (SSSR count). The van der Waals surface area contributed by atoms with Gasteiger partial charge in [0.15, 0.2) is 0 Å². The van der Waals surface area contributed by atoms with Crippen molar-refractivity contribution >= 4 is 20.0 Å². The van der Waals surface area contributed by atoms with Crippen molar-refractivity contribution in [3.63, 3.8) is 0 Å². The van der Waals surface area contributed by atoms with Gasteiger partial charge in [0.1, 0.15) is 13.8 Å². The van der Waals surface area contributed by atoms with Gasteiger partial charge < -0.3 is 9.47 Å². The molecule has 0 radical (unpaired) electrons. The molecule has 4 nitrogen and oxygen atoms in total. The predicted molar refractivity (Wildman–Crippen MR) is 88.2 cm³/mol. The molecule has 22 heavy (non-hydrogen) atoms. The zero-order valence-corrected chi connectivity index (χ0v) is 14.7. The van der Waals surface area contributed by atoms with E-state index in [1.807, 2.05) is 12.1 Å². The minimum Gasteiger partial charge on any atom is -0.469 e. The highest BCUT2D eigenvalue weighted by molar-refractivity contribution is 6.83. The van der Waals surface area contributed by atoms with Crippen LogP contribution >= 0.6 is 0 Å². The van der Waals surface area contributed by atoms with Gasteiger partial charge in [-0.05, 0) is 17.7 Å². The first-order chi connectivity index (χ1) is 10.2. The summed E-state index contributed by atoms with van der Waals surface area (Å²) < 4.78 is 9.75. The summed E-state index contributed by atoms with van der Waals surface area (Å²) in [5.41, 5.74) is 4.20. The lowest BCUT2D eigenvalue weighted by molar-refractivity contribution is -0.140. The Hall–Kier alpha value is -2.06. The monoisotopic (exact) mass is 318 g/mol. The molecule has 0 fully saturated rings. The first kappa shape index (κ1) is 18.0. The van der Waals surface area contributed by atoms with E-state index < -0.39 is 8.07 Å². The SMILES string of the molecule is COC(=O)C[C@H](C#C[Si](C)(C)C)c1ccc(OC(C)=O)cc1. The van der Waals surface area contributed by atoms with Crippen LogP contribution in [0.4, 0.5) is 0 Å². The molecule has 1 aromatic rings. The minimum atomic E-state index is -1.53. The van der Waals surface area contributed by atoms with Crippen molar-refractivity contribution in [1.82, 2.24) is 0 Å². The minimum absolute atomic E-state index is 0.209. The molecule has 0 unspecified atom stereocenters. The number of hydrogen-bond donors (Lipinski definition) is 0. The summed E-state index contributed by atoms with van der Waals surface area (Å²) >= 11 is 0. The van der Waals surface area contributed by atoms with Crippen LogP contribution in [-0.2, 0) is 14.3 Å². The van der Waals surface area contributed by atoms with Crippen molar-refractivity contribution in [3.05, 3.63) is 29.8 Å². The van der Waals surface area contributed by atoms with Crippen molar-refractivity contribution in [3.8, 4) is 17.2 Å². The fraction of sp³-hybridized carbons (Fsp3) is 0.412. The third kappa shape index (κ3) is 6.59. The van der Waals surface area contributed by atoms with Crippen molar-refractivity contribution in [2.45, 2.75) is 38.9 Å². The zero-order valence-electron chi connectivity index (χ0n) is 13.7. The maximum Gasteiger partial charge on any atom is 0.308 e. The van der Waals surface area contributed by atoms with Gasteiger partial charge in [0, 0.05) is 6.92 Å². The third-order valence-electron chi connectivity index (χ3n) is 2.76. The number of benzene rings is 1. The normalized spacial score (nSPS) is 11.9. The van der Waals surface area contributed by atoms with Gasteiger partial charge in [-0.15, -0.1) is 11.5 Å². The molecule has 0 N–H and O–H groups in total. The quantitative estimate of drug-likeness (QED) is 0.370. The van der Waals surface area contributed by atoms with Crippen LogP contribution in [0.2, 0.25) is 19.6 Å². The van der Waals surface area contributed by atoms with Crippen LogP contribution in [0.25, 0.3) is 0 Å². The smallest absolute Gasteiger partial charge is 0.308 e. The Labute approximate surface area is 132 Å². The van der Waals surface area contributed by atoms with Gasteiger partial charge in [0.25, 0.3) is 0 Å². The highest BCUT2D eigenvalue weighted by Gasteiger charge is 2.16. The average molecular weight is 318 g/mol. The summed E-state index contributed by atoms with van der Waals surface area (Å²) in [4.78, 5) is 22.5. The van der Waals surface area contributed by atoms with Crippen molar-refractivity contribution in [2.24, 2.45) is 0 Å². The van der Waals surface area contributed by atoms with Crippen LogP contribution in [0.3, 0.4) is 0 Å². The van der Waals surface area contributed by atoms with Gasteiger partial charge in [-0.2, -0.15) is 0 Å². The molecule has 5 heteroatoms. The Bertz CT molecular complexity index is 588. The van der Waals surface area contributed by atoms with Gasteiger partial charge in [-0.1, -0.05) is 31.8 Å². The van der Waals surface area contributed by atoms with Crippen LogP contribution in [-0.4, -0.2) is 27.1 Å². The van der Waals surface area contributed by atoms with Gasteiger partial charge >= 0.3 is 11.9 Å². The van der Waals surface area contributed by atoms with Crippen LogP contribution in [0.1, 0.15) is 24.8 Å². The Morgan fingerprint density at radius 3 is 2.23 bits per heavy atom. The van der Waals surface area contributed by atoms with Gasteiger partial charge in [0.05, 0.1) is 19.4 Å². The number of carbonyl (C=O) groups excluding carboxylic acids is 2. The third-order valence-corrected chi connectivity index (χ3v) is 3.66. The first-order valence-electron chi connectivity index (χ1n) is 7.09. The fourth-order valence-electron chi connectivity index (χ4n) is 1.74. The van der Waals surface area contributed by atoms with Crippen LogP contribution < -0.4 is 4.74 Å². The molecule has 1 atom stereocenters. The highest BCUT2D eigenvalue weighted by atomic mass is 28.3. The van der Waals surface area contributed by atoms with E-state index in [2.05, 4.69) is 31.1 Å². The molecule has 0 amide bonds. The first-order valence-corrected chi connectivity index (χ1v) is 10.6. The van der Waals surface area contributed by atoms with E-state index in [0.29, 0.717) is 5.75 Å². The Kier molecular flexibility index (Phi) is 6.38. The number of ether oxygens (including phenoxy) is 2. The highest BCUT2D eigenvalue weighted by Crippen LogP contribution is 2.23. The molecule has 0 bridgehead atoms. The van der Waals surface area contributed by atoms with Crippen molar-refractivity contribution in [1.29, 1.82) is 0 Å². The molecule has 0 saturated carbocycles. The average Bonchev–Trinajstić information content (AvgIpc) is 2.42. The number of carbonyl (C=O) groups is 2. The molecule has 0 spiro atoms. The molecule has 118 valence electrons. The van der Waals surface area contributed by atoms with E-state index in [4.69, 9.17) is 9.47 Å². The predicted octanol–water partition coefficient (Wildman–Crippen LogP) is 3.14. The van der Waals surface area contributed by atoms with Crippen molar-refractivity contribution < 1.29 is 19.1 Å². The van der Waals surface area contributed by atoms with Crippen LogP contribution in [0, 0.1) is 11.5 Å². The second-order valence-corrected chi connectivity index (χ2v) is 10.8. The van der Waals surface area contributed by atoms with E-state index in [1.54, 1.807) is 12.1 Å². The molecule has 0 saturated heterocycles. The van der Waals surface area contributed by atoms with Gasteiger partial charge in [0.2, 0.25) is 0 Å². The molecule has 0 aliphatic rings. The lowest BCUT2D eigenvalue weighted by Gasteiger charge is -2.12. The summed E-state index contributed by atoms with van der Waals surface area (Å²) in [5.74, 6) is 2.81. The second-order valence-electron chi connectivity index (χ2n) is 6.01. The molecule has 1 aromatic carbocycles. The summed E-state index contributed by atoms with van der Waals surface area (Å²) in [6, 6.07) is 7.06. The van der Waals surface area contributed by atoms with E-state index in [1.165, 1.54) is 14.0 Å². The number of esters is 2. The zero-order chi connectivity index (χ0) is 16.8. The fourth-order valence-corrected chi connectivity index (χ4v) is 2.35. The lowest BCUT2D eigenvalue weighted by Crippen LogP contribution is -2.17. The maximum absolute atomic E-state index is 11.6. The number of rotatable bonds is 4. The van der Waals surface area contributed by atoms with Gasteiger partial charge in [-0.25, -0.2) is 0 Å². The Morgan fingerprint density at radius 2 is 1.77 bits per heavy atom. The summed E-state index contributed by atoms with van der Waals surface area (Å²) in [7, 11) is -0.159. The van der Waals surface area contributed by atoms with Crippen LogP contribution in [0.5, 0.6) is 5.75 Å². The van der Waals surface area contributed by atoms with E-state index in [9.17, 15) is 9.59 Å².